The van der Waals surface area contributed by atoms with E-state index in [1.807, 2.05) is 32.0 Å². The smallest absolute Gasteiger partial charge is 0.246 e. The van der Waals surface area contributed by atoms with Crippen LogP contribution in [0.4, 0.5) is 5.69 Å². The lowest BCUT2D eigenvalue weighted by Crippen LogP contribution is -2.58. The van der Waals surface area contributed by atoms with E-state index in [4.69, 9.17) is 4.74 Å². The summed E-state index contributed by atoms with van der Waals surface area (Å²) in [6.45, 7) is 5.64. The number of amides is 3. The lowest BCUT2D eigenvalue weighted by molar-refractivity contribution is -0.145. The largest absolute Gasteiger partial charge is 0.394 e. The van der Waals surface area contributed by atoms with E-state index < -0.39 is 35.6 Å². The molecule has 0 aromatic heterocycles. The predicted molar refractivity (Wildman–Crippen MR) is 123 cm³/mol. The number of nitrogens with one attached hydrogen (secondary N) is 2. The molecule has 3 unspecified atom stereocenters. The number of carbonyl (C=O) groups excluding carboxylic acids is 3. The molecule has 0 saturated carbocycles. The van der Waals surface area contributed by atoms with Gasteiger partial charge in [-0.1, -0.05) is 38.5 Å². The van der Waals surface area contributed by atoms with Crippen molar-refractivity contribution >= 4 is 23.4 Å². The van der Waals surface area contributed by atoms with Crippen LogP contribution < -0.4 is 10.6 Å². The van der Waals surface area contributed by atoms with Gasteiger partial charge in [0.15, 0.2) is 0 Å². The van der Waals surface area contributed by atoms with E-state index >= 15 is 0 Å². The van der Waals surface area contributed by atoms with Gasteiger partial charge in [0.1, 0.15) is 11.6 Å². The lowest BCUT2D eigenvalue weighted by Gasteiger charge is -2.37. The van der Waals surface area contributed by atoms with Gasteiger partial charge in [0.05, 0.1) is 30.6 Å². The van der Waals surface area contributed by atoms with Crippen LogP contribution in [0.1, 0.15) is 52.9 Å². The van der Waals surface area contributed by atoms with Crippen molar-refractivity contribution in [2.75, 3.05) is 11.9 Å². The van der Waals surface area contributed by atoms with E-state index in [2.05, 4.69) is 17.6 Å². The van der Waals surface area contributed by atoms with Crippen LogP contribution in [-0.4, -0.2) is 64.2 Å². The van der Waals surface area contributed by atoms with Crippen molar-refractivity contribution in [2.45, 2.75) is 82.7 Å². The van der Waals surface area contributed by atoms with Gasteiger partial charge in [0.2, 0.25) is 17.7 Å². The molecule has 3 amide bonds. The average molecular weight is 458 g/mol. The molecule has 3 N–H and O–H groups in total. The number of aliphatic hydroxyl groups is 1. The standard InChI is InChI=1S/C25H35N3O5/c1-4-9-15(3)26-23(31)21-25-13-12-18(33-25)19(22(30)27-16-10-7-6-8-11-16)20(25)24(32)28(21)17(5-2)14-29/h6-8,10-11,15,17-21,29H,4-5,9,12-14H2,1-3H3,(H,26,31)(H,27,30)/t15?,17-,18-,19+,20-,21?,25?/m0/s1. The number of benzene rings is 1. The maximum Gasteiger partial charge on any atom is 0.246 e. The molecule has 7 atom stereocenters. The first-order chi connectivity index (χ1) is 15.9. The third kappa shape index (κ3) is 3.93. The predicted octanol–water partition coefficient (Wildman–Crippen LogP) is 2.08. The number of anilines is 1. The van der Waals surface area contributed by atoms with Gasteiger partial charge < -0.3 is 25.4 Å². The molecule has 3 fully saturated rings. The number of ether oxygens (including phenoxy) is 1. The third-order valence-corrected chi connectivity index (χ3v) is 7.52. The molecule has 3 heterocycles. The van der Waals surface area contributed by atoms with E-state index in [0.717, 1.165) is 12.8 Å². The summed E-state index contributed by atoms with van der Waals surface area (Å²) in [6.07, 6.45) is 3.02. The molecule has 180 valence electrons. The molecule has 33 heavy (non-hydrogen) atoms. The molecular weight excluding hydrogens is 422 g/mol. The molecule has 3 aliphatic heterocycles. The topological polar surface area (TPSA) is 108 Å². The lowest BCUT2D eigenvalue weighted by atomic mass is 9.70. The molecule has 8 heteroatoms. The zero-order valence-electron chi connectivity index (χ0n) is 19.6. The van der Waals surface area contributed by atoms with Crippen LogP contribution in [0.2, 0.25) is 0 Å². The van der Waals surface area contributed by atoms with Gasteiger partial charge in [0.25, 0.3) is 0 Å². The molecule has 0 radical (unpaired) electrons. The molecule has 1 aromatic carbocycles. The summed E-state index contributed by atoms with van der Waals surface area (Å²) in [5.74, 6) is -2.20. The van der Waals surface area contributed by atoms with Crippen LogP contribution in [0.25, 0.3) is 0 Å². The van der Waals surface area contributed by atoms with Gasteiger partial charge in [-0.25, -0.2) is 0 Å². The van der Waals surface area contributed by atoms with Crippen LogP contribution in [0.5, 0.6) is 0 Å². The molecule has 3 aliphatic rings. The minimum atomic E-state index is -1.04. The Balaban J connectivity index is 1.67. The van der Waals surface area contributed by atoms with Crippen LogP contribution in [-0.2, 0) is 19.1 Å². The summed E-state index contributed by atoms with van der Waals surface area (Å²) in [6, 6.07) is 7.74. The Kier molecular flexibility index (Phi) is 6.77. The molecule has 1 spiro atoms. The van der Waals surface area contributed by atoms with Crippen molar-refractivity contribution in [3.8, 4) is 0 Å². The summed E-state index contributed by atoms with van der Waals surface area (Å²) >= 11 is 0. The third-order valence-electron chi connectivity index (χ3n) is 7.52. The zero-order chi connectivity index (χ0) is 23.8. The first-order valence-electron chi connectivity index (χ1n) is 12.1. The summed E-state index contributed by atoms with van der Waals surface area (Å²) in [5, 5.41) is 16.0. The maximum atomic E-state index is 13.8. The number of nitrogens with zero attached hydrogens (tertiary/aromatic N) is 1. The first kappa shape index (κ1) is 23.7. The Morgan fingerprint density at radius 1 is 1.24 bits per heavy atom. The van der Waals surface area contributed by atoms with Crippen molar-refractivity contribution in [3.05, 3.63) is 30.3 Å². The number of hydrogen-bond donors (Lipinski definition) is 3. The van der Waals surface area contributed by atoms with E-state index in [1.54, 1.807) is 12.1 Å². The van der Waals surface area contributed by atoms with E-state index in [1.165, 1.54) is 4.90 Å². The van der Waals surface area contributed by atoms with Crippen molar-refractivity contribution in [3.63, 3.8) is 0 Å². The number of aliphatic hydroxyl groups excluding tert-OH is 1. The van der Waals surface area contributed by atoms with Gasteiger partial charge in [-0.2, -0.15) is 0 Å². The van der Waals surface area contributed by atoms with E-state index in [9.17, 15) is 19.5 Å². The summed E-state index contributed by atoms with van der Waals surface area (Å²) in [5.41, 5.74) is -0.384. The monoisotopic (exact) mass is 457 g/mol. The molecule has 3 saturated heterocycles. The maximum absolute atomic E-state index is 13.8. The van der Waals surface area contributed by atoms with Crippen molar-refractivity contribution in [1.82, 2.24) is 10.2 Å². The normalized spacial score (nSPS) is 31.9. The second-order valence-corrected chi connectivity index (χ2v) is 9.60. The van der Waals surface area contributed by atoms with Crippen LogP contribution in [0.15, 0.2) is 30.3 Å². The fraction of sp³-hybridized carbons (Fsp3) is 0.640. The number of carbonyl (C=O) groups is 3. The Bertz CT molecular complexity index is 889. The van der Waals surface area contributed by atoms with Gasteiger partial charge in [0, 0.05) is 11.7 Å². The highest BCUT2D eigenvalue weighted by molar-refractivity contribution is 6.02. The van der Waals surface area contributed by atoms with Crippen molar-refractivity contribution in [2.24, 2.45) is 11.8 Å². The number of likely N-dealkylation sites (tertiary alicyclic amines) is 1. The molecule has 2 bridgehead atoms. The van der Waals surface area contributed by atoms with Crippen LogP contribution in [0.3, 0.4) is 0 Å². The second kappa shape index (κ2) is 9.43. The van der Waals surface area contributed by atoms with Crippen LogP contribution >= 0.6 is 0 Å². The highest BCUT2D eigenvalue weighted by Gasteiger charge is 2.75. The van der Waals surface area contributed by atoms with Crippen molar-refractivity contribution in [1.29, 1.82) is 0 Å². The highest BCUT2D eigenvalue weighted by atomic mass is 16.5. The zero-order valence-corrected chi connectivity index (χ0v) is 19.6. The second-order valence-electron chi connectivity index (χ2n) is 9.60. The molecular formula is C25H35N3O5. The highest BCUT2D eigenvalue weighted by Crippen LogP contribution is 2.59. The fourth-order valence-corrected chi connectivity index (χ4v) is 6.07. The van der Waals surface area contributed by atoms with Crippen molar-refractivity contribution < 1.29 is 24.2 Å². The number of rotatable bonds is 9. The number of para-hydroxylation sites is 1. The van der Waals surface area contributed by atoms with E-state index in [0.29, 0.717) is 24.9 Å². The molecule has 4 rings (SSSR count). The van der Waals surface area contributed by atoms with Gasteiger partial charge in [-0.3, -0.25) is 14.4 Å². The Morgan fingerprint density at radius 2 is 1.97 bits per heavy atom. The van der Waals surface area contributed by atoms with E-state index in [-0.39, 0.29) is 30.4 Å². The molecule has 8 nitrogen and oxygen atoms in total. The first-order valence-corrected chi connectivity index (χ1v) is 12.1. The molecule has 1 aromatic rings. The fourth-order valence-electron chi connectivity index (χ4n) is 6.07. The Morgan fingerprint density at radius 3 is 2.61 bits per heavy atom. The number of hydrogen-bond acceptors (Lipinski definition) is 5. The summed E-state index contributed by atoms with van der Waals surface area (Å²) in [4.78, 5) is 42.2. The minimum Gasteiger partial charge on any atom is -0.394 e. The average Bonchev–Trinajstić information content (AvgIpc) is 3.43. The quantitative estimate of drug-likeness (QED) is 0.526. The van der Waals surface area contributed by atoms with Gasteiger partial charge in [-0.15, -0.1) is 0 Å². The Hall–Kier alpha value is -2.45. The minimum absolute atomic E-state index is 0.0418. The van der Waals surface area contributed by atoms with Gasteiger partial charge >= 0.3 is 0 Å². The molecule has 0 aliphatic carbocycles. The SMILES string of the molecule is CCCC(C)NC(=O)C1N([C@@H](CC)CO)C(=O)[C@@H]2[C@H](C(=O)Nc3ccccc3)[C@@H]3CCC12O3. The number of fused-ring (bicyclic) bond motifs is 1. The van der Waals surface area contributed by atoms with Crippen LogP contribution in [0, 0.1) is 11.8 Å². The summed E-state index contributed by atoms with van der Waals surface area (Å²) in [7, 11) is 0. The summed E-state index contributed by atoms with van der Waals surface area (Å²) < 4.78 is 6.40. The van der Waals surface area contributed by atoms with Gasteiger partial charge in [-0.05, 0) is 44.7 Å². The Labute approximate surface area is 195 Å².